The van der Waals surface area contributed by atoms with Crippen LogP contribution in [0.2, 0.25) is 0 Å². The van der Waals surface area contributed by atoms with Crippen molar-refractivity contribution in [3.63, 3.8) is 0 Å². The first-order valence-electron chi connectivity index (χ1n) is 7.47. The average Bonchev–Trinajstić information content (AvgIpc) is 2.92. The summed E-state index contributed by atoms with van der Waals surface area (Å²) < 4.78 is 11.0. The molecule has 1 aliphatic rings. The van der Waals surface area contributed by atoms with E-state index in [2.05, 4.69) is 35.6 Å². The molecule has 0 saturated carbocycles. The topological polar surface area (TPSA) is 30.5 Å². The number of ether oxygens (including phenoxy) is 2. The first-order chi connectivity index (χ1) is 10.3. The van der Waals surface area contributed by atoms with Crippen molar-refractivity contribution in [2.75, 3.05) is 19.0 Å². The van der Waals surface area contributed by atoms with E-state index in [1.807, 2.05) is 19.1 Å². The lowest BCUT2D eigenvalue weighted by molar-refractivity contribution is 0.311. The average molecular weight is 283 g/mol. The summed E-state index contributed by atoms with van der Waals surface area (Å²) in [6, 6.07) is 15.1. The molecular formula is C18H21NO2. The lowest BCUT2D eigenvalue weighted by atomic mass is 10.1. The normalized spacial score (nSPS) is 16.4. The Labute approximate surface area is 125 Å². The van der Waals surface area contributed by atoms with Crippen LogP contribution in [0.5, 0.6) is 11.5 Å². The van der Waals surface area contributed by atoms with E-state index in [4.69, 9.17) is 9.47 Å². The minimum Gasteiger partial charge on any atom is -0.493 e. The van der Waals surface area contributed by atoms with Gasteiger partial charge in [0.25, 0.3) is 0 Å². The highest BCUT2D eigenvalue weighted by atomic mass is 16.5. The van der Waals surface area contributed by atoms with Gasteiger partial charge in [0, 0.05) is 11.8 Å². The largest absolute Gasteiger partial charge is 0.493 e. The number of benzene rings is 2. The van der Waals surface area contributed by atoms with Crippen LogP contribution in [0.1, 0.15) is 30.5 Å². The Morgan fingerprint density at radius 1 is 1.14 bits per heavy atom. The van der Waals surface area contributed by atoms with E-state index in [0.717, 1.165) is 30.0 Å². The number of methoxy groups -OCH3 is 1. The van der Waals surface area contributed by atoms with Gasteiger partial charge < -0.3 is 14.8 Å². The first kappa shape index (κ1) is 13.8. The van der Waals surface area contributed by atoms with Crippen molar-refractivity contribution in [2.45, 2.75) is 25.8 Å². The van der Waals surface area contributed by atoms with E-state index >= 15 is 0 Å². The summed E-state index contributed by atoms with van der Waals surface area (Å²) >= 11 is 0. The molecule has 2 aromatic carbocycles. The fourth-order valence-corrected chi connectivity index (χ4v) is 2.94. The van der Waals surface area contributed by atoms with Gasteiger partial charge in [0.15, 0.2) is 11.5 Å². The quantitative estimate of drug-likeness (QED) is 0.892. The predicted octanol–water partition coefficient (Wildman–Crippen LogP) is 4.19. The third kappa shape index (κ3) is 2.82. The lowest BCUT2D eigenvalue weighted by Crippen LogP contribution is -2.07. The van der Waals surface area contributed by atoms with Crippen LogP contribution in [0, 0.1) is 0 Å². The summed E-state index contributed by atoms with van der Waals surface area (Å²) in [5, 5.41) is 3.61. The third-order valence-electron chi connectivity index (χ3n) is 3.94. The smallest absolute Gasteiger partial charge is 0.162 e. The first-order valence-corrected chi connectivity index (χ1v) is 7.47. The van der Waals surface area contributed by atoms with Crippen LogP contribution in [-0.2, 0) is 6.42 Å². The highest BCUT2D eigenvalue weighted by Gasteiger charge is 2.21. The van der Waals surface area contributed by atoms with Gasteiger partial charge in [0.2, 0.25) is 0 Å². The summed E-state index contributed by atoms with van der Waals surface area (Å²) in [6.45, 7) is 2.61. The highest BCUT2D eigenvalue weighted by Crippen LogP contribution is 2.36. The summed E-state index contributed by atoms with van der Waals surface area (Å²) in [4.78, 5) is 0. The molecule has 3 heteroatoms. The Kier molecular flexibility index (Phi) is 4.00. The molecule has 1 N–H and O–H groups in total. The molecule has 0 amide bonds. The minimum atomic E-state index is 0.379. The van der Waals surface area contributed by atoms with Crippen LogP contribution >= 0.6 is 0 Å². The van der Waals surface area contributed by atoms with E-state index < -0.39 is 0 Å². The molecule has 110 valence electrons. The molecule has 1 aliphatic carbocycles. The van der Waals surface area contributed by atoms with E-state index in [9.17, 15) is 0 Å². The van der Waals surface area contributed by atoms with Crippen LogP contribution < -0.4 is 14.8 Å². The maximum absolute atomic E-state index is 5.56. The standard InChI is InChI=1S/C18H21NO2/c1-3-21-17-11-9-14(12-18(17)20-2)19-16-10-8-13-6-4-5-7-15(13)16/h4-7,9,11-12,16,19H,3,8,10H2,1-2H3. The number of fused-ring (bicyclic) bond motifs is 1. The molecule has 0 spiro atoms. The molecule has 0 heterocycles. The van der Waals surface area contributed by atoms with Crippen LogP contribution in [0.25, 0.3) is 0 Å². The van der Waals surface area contributed by atoms with Gasteiger partial charge in [-0.2, -0.15) is 0 Å². The predicted molar refractivity (Wildman–Crippen MR) is 85.3 cm³/mol. The maximum atomic E-state index is 5.56. The Balaban J connectivity index is 1.80. The minimum absolute atomic E-state index is 0.379. The fourth-order valence-electron chi connectivity index (χ4n) is 2.94. The molecule has 0 saturated heterocycles. The second-order valence-electron chi connectivity index (χ2n) is 5.23. The SMILES string of the molecule is CCOc1ccc(NC2CCc3ccccc32)cc1OC. The summed E-state index contributed by atoms with van der Waals surface area (Å²) in [5.74, 6) is 1.56. The molecular weight excluding hydrogens is 262 g/mol. The zero-order valence-corrected chi connectivity index (χ0v) is 12.6. The number of hydrogen-bond acceptors (Lipinski definition) is 3. The molecule has 0 radical (unpaired) electrons. The molecule has 0 fully saturated rings. The van der Waals surface area contributed by atoms with Crippen LogP contribution in [0.15, 0.2) is 42.5 Å². The van der Waals surface area contributed by atoms with Crippen molar-refractivity contribution in [1.29, 1.82) is 0 Å². The summed E-state index contributed by atoms with van der Waals surface area (Å²) in [5.41, 5.74) is 3.93. The number of hydrogen-bond donors (Lipinski definition) is 1. The van der Waals surface area contributed by atoms with E-state index in [-0.39, 0.29) is 0 Å². The van der Waals surface area contributed by atoms with Crippen molar-refractivity contribution in [1.82, 2.24) is 0 Å². The zero-order chi connectivity index (χ0) is 14.7. The molecule has 0 bridgehead atoms. The van der Waals surface area contributed by atoms with Crippen LogP contribution in [0.4, 0.5) is 5.69 Å². The van der Waals surface area contributed by atoms with Gasteiger partial charge in [0.05, 0.1) is 19.8 Å². The van der Waals surface area contributed by atoms with Gasteiger partial charge in [0.1, 0.15) is 0 Å². The number of rotatable bonds is 5. The summed E-state index contributed by atoms with van der Waals surface area (Å²) in [7, 11) is 1.67. The number of anilines is 1. The molecule has 21 heavy (non-hydrogen) atoms. The zero-order valence-electron chi connectivity index (χ0n) is 12.6. The van der Waals surface area contributed by atoms with Crippen LogP contribution in [-0.4, -0.2) is 13.7 Å². The van der Waals surface area contributed by atoms with E-state index in [1.54, 1.807) is 7.11 Å². The highest BCUT2D eigenvalue weighted by molar-refractivity contribution is 5.56. The Hall–Kier alpha value is -2.16. The monoisotopic (exact) mass is 283 g/mol. The summed E-state index contributed by atoms with van der Waals surface area (Å²) in [6.07, 6.45) is 2.27. The van der Waals surface area contributed by atoms with Crippen molar-refractivity contribution >= 4 is 5.69 Å². The van der Waals surface area contributed by atoms with Gasteiger partial charge in [-0.3, -0.25) is 0 Å². The van der Waals surface area contributed by atoms with Crippen LogP contribution in [0.3, 0.4) is 0 Å². The molecule has 1 atom stereocenters. The van der Waals surface area contributed by atoms with Gasteiger partial charge in [-0.05, 0) is 43.0 Å². The van der Waals surface area contributed by atoms with Crippen molar-refractivity contribution in [3.05, 3.63) is 53.6 Å². The molecule has 3 nitrogen and oxygen atoms in total. The molecule has 3 rings (SSSR count). The Morgan fingerprint density at radius 3 is 2.81 bits per heavy atom. The van der Waals surface area contributed by atoms with Gasteiger partial charge in [-0.15, -0.1) is 0 Å². The Morgan fingerprint density at radius 2 is 2.00 bits per heavy atom. The van der Waals surface area contributed by atoms with Crippen molar-refractivity contribution < 1.29 is 9.47 Å². The maximum Gasteiger partial charge on any atom is 0.162 e. The molecule has 0 aliphatic heterocycles. The van der Waals surface area contributed by atoms with Gasteiger partial charge in [-0.1, -0.05) is 24.3 Å². The molecule has 1 unspecified atom stereocenters. The third-order valence-corrected chi connectivity index (χ3v) is 3.94. The second kappa shape index (κ2) is 6.08. The number of nitrogens with one attached hydrogen (secondary N) is 1. The van der Waals surface area contributed by atoms with Gasteiger partial charge >= 0.3 is 0 Å². The van der Waals surface area contributed by atoms with Gasteiger partial charge in [-0.25, -0.2) is 0 Å². The fraction of sp³-hybridized carbons (Fsp3) is 0.333. The molecule has 2 aromatic rings. The van der Waals surface area contributed by atoms with E-state index in [1.165, 1.54) is 11.1 Å². The van der Waals surface area contributed by atoms with Crippen molar-refractivity contribution in [3.8, 4) is 11.5 Å². The Bertz CT molecular complexity index is 624. The van der Waals surface area contributed by atoms with E-state index in [0.29, 0.717) is 12.6 Å². The lowest BCUT2D eigenvalue weighted by Gasteiger charge is -2.17. The second-order valence-corrected chi connectivity index (χ2v) is 5.23. The number of aryl methyl sites for hydroxylation is 1. The molecule has 0 aromatic heterocycles. The van der Waals surface area contributed by atoms with Crippen molar-refractivity contribution in [2.24, 2.45) is 0 Å².